The molecule has 2 heterocycles. The Balaban J connectivity index is 1.58. The molecule has 0 bridgehead atoms. The first-order chi connectivity index (χ1) is 13.4. The quantitative estimate of drug-likeness (QED) is 0.539. The number of nitrogen functional groups attached to an aromatic ring is 1. The van der Waals surface area contributed by atoms with Crippen molar-refractivity contribution in [1.82, 2.24) is 14.8 Å². The van der Waals surface area contributed by atoms with Crippen LogP contribution in [-0.2, 0) is 12.0 Å². The van der Waals surface area contributed by atoms with E-state index in [4.69, 9.17) is 10.2 Å². The van der Waals surface area contributed by atoms with Gasteiger partial charge >= 0.3 is 0 Å². The van der Waals surface area contributed by atoms with E-state index in [0.717, 1.165) is 22.5 Å². The van der Waals surface area contributed by atoms with Crippen LogP contribution in [0.4, 0.5) is 5.82 Å². The number of aromatic nitrogens is 3. The molecule has 4 aromatic rings. The van der Waals surface area contributed by atoms with Gasteiger partial charge in [-0.25, -0.2) is 4.98 Å². The largest absolute Gasteiger partial charge is 0.444 e. The van der Waals surface area contributed by atoms with Gasteiger partial charge < -0.3 is 10.2 Å². The zero-order valence-electron chi connectivity index (χ0n) is 16.4. The van der Waals surface area contributed by atoms with Crippen molar-refractivity contribution in [2.75, 3.05) is 5.73 Å². The first kappa shape index (κ1) is 18.0. The summed E-state index contributed by atoms with van der Waals surface area (Å²) in [7, 11) is 0. The molecule has 28 heavy (non-hydrogen) atoms. The van der Waals surface area contributed by atoms with Crippen LogP contribution in [0.3, 0.4) is 0 Å². The predicted octanol–water partition coefficient (Wildman–Crippen LogP) is 5.13. The number of oxazole rings is 1. The van der Waals surface area contributed by atoms with E-state index in [1.54, 1.807) is 6.26 Å². The molecule has 5 heteroatoms. The Kier molecular flexibility index (Phi) is 4.51. The van der Waals surface area contributed by atoms with Crippen LogP contribution in [0, 0.1) is 0 Å². The molecule has 0 spiro atoms. The first-order valence-corrected chi connectivity index (χ1v) is 9.34. The van der Waals surface area contributed by atoms with Gasteiger partial charge in [0.15, 0.2) is 0 Å². The number of benzene rings is 2. The lowest BCUT2D eigenvalue weighted by molar-refractivity contribution is 0.569. The van der Waals surface area contributed by atoms with Gasteiger partial charge in [0.1, 0.15) is 17.8 Å². The summed E-state index contributed by atoms with van der Waals surface area (Å²) < 4.78 is 7.57. The molecule has 0 unspecified atom stereocenters. The highest BCUT2D eigenvalue weighted by Crippen LogP contribution is 2.27. The van der Waals surface area contributed by atoms with E-state index in [1.165, 1.54) is 5.56 Å². The van der Waals surface area contributed by atoms with Crippen LogP contribution in [0.1, 0.15) is 32.0 Å². The van der Waals surface area contributed by atoms with E-state index >= 15 is 0 Å². The summed E-state index contributed by atoms with van der Waals surface area (Å²) in [5, 5.41) is 4.42. The zero-order chi connectivity index (χ0) is 19.7. The monoisotopic (exact) mass is 372 g/mol. The maximum absolute atomic E-state index is 5.94. The minimum absolute atomic E-state index is 0.119. The van der Waals surface area contributed by atoms with E-state index < -0.39 is 0 Å². The van der Waals surface area contributed by atoms with Crippen LogP contribution >= 0.6 is 0 Å². The Morgan fingerprint density at radius 1 is 0.964 bits per heavy atom. The number of hydrogen-bond donors (Lipinski definition) is 1. The maximum Gasteiger partial charge on any atom is 0.226 e. The molecule has 0 fully saturated rings. The molecule has 0 saturated heterocycles. The molecule has 0 aliphatic rings. The highest BCUT2D eigenvalue weighted by atomic mass is 16.3. The second-order valence-corrected chi connectivity index (χ2v) is 7.95. The van der Waals surface area contributed by atoms with Crippen molar-refractivity contribution in [1.29, 1.82) is 0 Å². The summed E-state index contributed by atoms with van der Waals surface area (Å²) in [5.41, 5.74) is 11.1. The fourth-order valence-corrected chi connectivity index (χ4v) is 3.18. The lowest BCUT2D eigenvalue weighted by Gasteiger charge is -2.18. The number of rotatable bonds is 4. The maximum atomic E-state index is 5.94. The molecular formula is C23H24N4O. The van der Waals surface area contributed by atoms with Gasteiger partial charge in [0.2, 0.25) is 5.89 Å². The van der Waals surface area contributed by atoms with Gasteiger partial charge in [0.05, 0.1) is 12.2 Å². The summed E-state index contributed by atoms with van der Waals surface area (Å²) in [6.45, 7) is 7.09. The Bertz CT molecular complexity index is 1070. The Hall–Kier alpha value is -3.34. The number of anilines is 1. The summed E-state index contributed by atoms with van der Waals surface area (Å²) in [4.78, 5) is 4.64. The van der Waals surface area contributed by atoms with Gasteiger partial charge in [-0.2, -0.15) is 5.10 Å². The number of nitrogens with two attached hydrogens (primary N) is 1. The lowest BCUT2D eigenvalue weighted by atomic mass is 9.87. The average molecular weight is 372 g/mol. The highest BCUT2D eigenvalue weighted by Gasteiger charge is 2.15. The third-order valence-electron chi connectivity index (χ3n) is 4.73. The van der Waals surface area contributed by atoms with Crippen LogP contribution < -0.4 is 5.73 Å². The van der Waals surface area contributed by atoms with Crippen molar-refractivity contribution in [3.8, 4) is 22.7 Å². The van der Waals surface area contributed by atoms with E-state index in [1.807, 2.05) is 41.1 Å². The third-order valence-corrected chi connectivity index (χ3v) is 4.73. The van der Waals surface area contributed by atoms with Crippen molar-refractivity contribution in [2.24, 2.45) is 0 Å². The van der Waals surface area contributed by atoms with E-state index in [-0.39, 0.29) is 5.41 Å². The van der Waals surface area contributed by atoms with Gasteiger partial charge in [-0.1, -0.05) is 63.2 Å². The van der Waals surface area contributed by atoms with E-state index in [0.29, 0.717) is 18.3 Å². The minimum Gasteiger partial charge on any atom is -0.444 e. The molecule has 2 aromatic heterocycles. The lowest BCUT2D eigenvalue weighted by Crippen LogP contribution is -2.10. The van der Waals surface area contributed by atoms with Gasteiger partial charge in [-0.15, -0.1) is 0 Å². The third kappa shape index (κ3) is 3.69. The van der Waals surface area contributed by atoms with Gasteiger partial charge in [0.25, 0.3) is 0 Å². The standard InChI is InChI=1S/C23H24N4O/c1-23(2,3)18-11-9-17(10-12-18)22-25-19(15-28-22)14-27-20(13-21(24)26-27)16-7-5-4-6-8-16/h4-13,15H,14H2,1-3H3,(H2,24,26). The predicted molar refractivity (Wildman–Crippen MR) is 112 cm³/mol. The number of hydrogen-bond acceptors (Lipinski definition) is 4. The van der Waals surface area contributed by atoms with E-state index in [9.17, 15) is 0 Å². The molecule has 2 N–H and O–H groups in total. The van der Waals surface area contributed by atoms with Crippen molar-refractivity contribution in [3.05, 3.63) is 78.2 Å². The Labute approximate surface area is 164 Å². The molecule has 0 saturated carbocycles. The number of nitrogens with zero attached hydrogens (tertiary/aromatic N) is 3. The highest BCUT2D eigenvalue weighted by molar-refractivity contribution is 5.62. The average Bonchev–Trinajstić information content (AvgIpc) is 3.29. The Morgan fingerprint density at radius 3 is 2.36 bits per heavy atom. The van der Waals surface area contributed by atoms with Crippen molar-refractivity contribution in [3.63, 3.8) is 0 Å². The first-order valence-electron chi connectivity index (χ1n) is 9.34. The summed E-state index contributed by atoms with van der Waals surface area (Å²) in [5.74, 6) is 1.09. The molecule has 5 nitrogen and oxygen atoms in total. The van der Waals surface area contributed by atoms with Crippen molar-refractivity contribution < 1.29 is 4.42 Å². The molecule has 142 valence electrons. The van der Waals surface area contributed by atoms with Crippen LogP contribution in [0.25, 0.3) is 22.7 Å². The Morgan fingerprint density at radius 2 is 1.68 bits per heavy atom. The second-order valence-electron chi connectivity index (χ2n) is 7.95. The molecule has 2 aromatic carbocycles. The smallest absolute Gasteiger partial charge is 0.226 e. The fraction of sp³-hybridized carbons (Fsp3) is 0.217. The van der Waals surface area contributed by atoms with Crippen LogP contribution in [0.5, 0.6) is 0 Å². The molecular weight excluding hydrogens is 348 g/mol. The van der Waals surface area contributed by atoms with Crippen LogP contribution in [0.2, 0.25) is 0 Å². The minimum atomic E-state index is 0.119. The van der Waals surface area contributed by atoms with Crippen LogP contribution in [0.15, 0.2) is 71.3 Å². The summed E-state index contributed by atoms with van der Waals surface area (Å²) in [6, 6.07) is 20.3. The van der Waals surface area contributed by atoms with Crippen molar-refractivity contribution >= 4 is 5.82 Å². The van der Waals surface area contributed by atoms with E-state index in [2.05, 4.69) is 55.1 Å². The topological polar surface area (TPSA) is 69.9 Å². The SMILES string of the molecule is CC(C)(C)c1ccc(-c2nc(Cn3nc(N)cc3-c3ccccc3)co2)cc1. The molecule has 0 radical (unpaired) electrons. The van der Waals surface area contributed by atoms with Crippen LogP contribution in [-0.4, -0.2) is 14.8 Å². The molecule has 0 aliphatic carbocycles. The van der Waals surface area contributed by atoms with Gasteiger partial charge in [-0.3, -0.25) is 4.68 Å². The summed E-state index contributed by atoms with van der Waals surface area (Å²) >= 11 is 0. The fourth-order valence-electron chi connectivity index (χ4n) is 3.18. The zero-order valence-corrected chi connectivity index (χ0v) is 16.4. The second kappa shape index (κ2) is 7.00. The molecule has 4 rings (SSSR count). The van der Waals surface area contributed by atoms with Gasteiger partial charge in [0, 0.05) is 11.6 Å². The molecule has 0 atom stereocenters. The summed E-state index contributed by atoms with van der Waals surface area (Å²) in [6.07, 6.45) is 1.68. The molecule has 0 aliphatic heterocycles. The van der Waals surface area contributed by atoms with Gasteiger partial charge in [-0.05, 0) is 28.7 Å². The normalized spacial score (nSPS) is 11.7. The van der Waals surface area contributed by atoms with Crippen molar-refractivity contribution in [2.45, 2.75) is 32.7 Å². The molecule has 0 amide bonds.